The lowest BCUT2D eigenvalue weighted by Crippen LogP contribution is -2.44. The van der Waals surface area contributed by atoms with Crippen LogP contribution in [0.25, 0.3) is 4.96 Å². The molecule has 0 aliphatic carbocycles. The molecule has 28 heavy (non-hydrogen) atoms. The molecule has 1 unspecified atom stereocenters. The summed E-state index contributed by atoms with van der Waals surface area (Å²) in [5, 5.41) is 8.91. The predicted molar refractivity (Wildman–Crippen MR) is 127 cm³/mol. The summed E-state index contributed by atoms with van der Waals surface area (Å²) >= 11 is 1.65. The van der Waals surface area contributed by atoms with Gasteiger partial charge in [0, 0.05) is 44.0 Å². The van der Waals surface area contributed by atoms with Gasteiger partial charge in [0.1, 0.15) is 0 Å². The molecule has 1 aliphatic heterocycles. The van der Waals surface area contributed by atoms with Crippen molar-refractivity contribution in [3.63, 3.8) is 0 Å². The lowest BCUT2D eigenvalue weighted by atomic mass is 10.2. The molecule has 0 bridgehead atoms. The molecule has 8 heteroatoms. The number of imidazole rings is 1. The standard InChI is InChI=1S/C20H26N6S.HI/c1-21-19(22-12-17-15-26-10-11-27-20(26)24-17)23-13-18-8-5-9-25(18)14-16-6-3-2-4-7-16;/h2-4,6-7,10-11,15,18H,5,8-9,12-14H2,1H3,(H2,21,22,23);1H. The average Bonchev–Trinajstić information content (AvgIpc) is 3.39. The summed E-state index contributed by atoms with van der Waals surface area (Å²) in [7, 11) is 1.82. The molecule has 2 N–H and O–H groups in total. The number of halogens is 1. The fraction of sp³-hybridized carbons (Fsp3) is 0.400. The molecular weight excluding hydrogens is 483 g/mol. The maximum atomic E-state index is 4.60. The number of thiazole rings is 1. The SMILES string of the molecule is CN=C(NCc1cn2ccsc2n1)NCC1CCCN1Cc1ccccc1.I. The molecule has 1 atom stereocenters. The highest BCUT2D eigenvalue weighted by atomic mass is 127. The van der Waals surface area contributed by atoms with E-state index in [9.17, 15) is 0 Å². The average molecular weight is 510 g/mol. The molecule has 0 spiro atoms. The van der Waals surface area contributed by atoms with Crippen LogP contribution < -0.4 is 10.6 Å². The van der Waals surface area contributed by atoms with Crippen LogP contribution in [0.15, 0.2) is 53.1 Å². The van der Waals surface area contributed by atoms with Gasteiger partial charge in [-0.25, -0.2) is 4.98 Å². The molecule has 1 aliphatic rings. The smallest absolute Gasteiger partial charge is 0.193 e. The van der Waals surface area contributed by atoms with Gasteiger partial charge < -0.3 is 10.6 Å². The van der Waals surface area contributed by atoms with E-state index in [2.05, 4.69) is 66.4 Å². The topological polar surface area (TPSA) is 57.0 Å². The summed E-state index contributed by atoms with van der Waals surface area (Å²) in [6.07, 6.45) is 6.58. The van der Waals surface area contributed by atoms with Crippen molar-refractivity contribution < 1.29 is 0 Å². The van der Waals surface area contributed by atoms with Gasteiger partial charge in [-0.3, -0.25) is 14.3 Å². The van der Waals surface area contributed by atoms with Crippen LogP contribution in [-0.4, -0.2) is 46.4 Å². The first-order valence-corrected chi connectivity index (χ1v) is 10.3. The summed E-state index contributed by atoms with van der Waals surface area (Å²) in [6.45, 7) is 3.76. The third kappa shape index (κ3) is 5.24. The zero-order valence-electron chi connectivity index (χ0n) is 16.0. The molecule has 150 valence electrons. The Hall–Kier alpha value is -1.65. The second kappa shape index (κ2) is 10.2. The summed E-state index contributed by atoms with van der Waals surface area (Å²) in [6, 6.07) is 11.3. The molecule has 3 heterocycles. The van der Waals surface area contributed by atoms with E-state index in [0.29, 0.717) is 12.6 Å². The summed E-state index contributed by atoms with van der Waals surface area (Å²) < 4.78 is 2.05. The van der Waals surface area contributed by atoms with Crippen molar-refractivity contribution in [2.24, 2.45) is 4.99 Å². The number of guanidine groups is 1. The molecule has 1 saturated heterocycles. The van der Waals surface area contributed by atoms with Crippen LogP contribution in [0.3, 0.4) is 0 Å². The molecule has 3 aromatic rings. The predicted octanol–water partition coefficient (Wildman–Crippen LogP) is 3.34. The van der Waals surface area contributed by atoms with Crippen LogP contribution in [0, 0.1) is 0 Å². The van der Waals surface area contributed by atoms with Crippen LogP contribution >= 0.6 is 35.3 Å². The van der Waals surface area contributed by atoms with Gasteiger partial charge in [0.15, 0.2) is 10.9 Å². The number of nitrogens with zero attached hydrogens (tertiary/aromatic N) is 4. The fourth-order valence-electron chi connectivity index (χ4n) is 3.62. The van der Waals surface area contributed by atoms with E-state index < -0.39 is 0 Å². The molecule has 1 aromatic carbocycles. The lowest BCUT2D eigenvalue weighted by Gasteiger charge is -2.25. The van der Waals surface area contributed by atoms with Crippen molar-refractivity contribution in [1.29, 1.82) is 0 Å². The van der Waals surface area contributed by atoms with Crippen molar-refractivity contribution in [2.75, 3.05) is 20.1 Å². The van der Waals surface area contributed by atoms with Crippen molar-refractivity contribution in [3.05, 3.63) is 59.4 Å². The molecular formula is C20H27IN6S. The van der Waals surface area contributed by atoms with Crippen molar-refractivity contribution in [2.45, 2.75) is 32.0 Å². The third-order valence-corrected chi connectivity index (χ3v) is 5.81. The quantitative estimate of drug-likeness (QED) is 0.304. The van der Waals surface area contributed by atoms with Gasteiger partial charge in [0.25, 0.3) is 0 Å². The van der Waals surface area contributed by atoms with Crippen molar-refractivity contribution >= 4 is 46.2 Å². The molecule has 4 rings (SSSR count). The molecule has 2 aromatic heterocycles. The van der Waals surface area contributed by atoms with Gasteiger partial charge >= 0.3 is 0 Å². The van der Waals surface area contributed by atoms with Crippen LogP contribution in [0.1, 0.15) is 24.1 Å². The number of nitrogens with one attached hydrogen (secondary N) is 2. The highest BCUT2D eigenvalue weighted by Gasteiger charge is 2.24. The van der Waals surface area contributed by atoms with Crippen LogP contribution in [-0.2, 0) is 13.1 Å². The van der Waals surface area contributed by atoms with Gasteiger partial charge in [-0.2, -0.15) is 0 Å². The number of hydrogen-bond acceptors (Lipinski definition) is 4. The van der Waals surface area contributed by atoms with E-state index in [1.165, 1.54) is 24.9 Å². The Balaban J connectivity index is 0.00000225. The zero-order valence-corrected chi connectivity index (χ0v) is 19.2. The molecule has 0 saturated carbocycles. The summed E-state index contributed by atoms with van der Waals surface area (Å²) in [5.41, 5.74) is 2.41. The van der Waals surface area contributed by atoms with Crippen LogP contribution in [0.2, 0.25) is 0 Å². The second-order valence-electron chi connectivity index (χ2n) is 6.88. The number of aromatic nitrogens is 2. The molecule has 0 radical (unpaired) electrons. The Labute approximate surface area is 187 Å². The van der Waals surface area contributed by atoms with E-state index in [4.69, 9.17) is 0 Å². The summed E-state index contributed by atoms with van der Waals surface area (Å²) in [5.74, 6) is 0.831. The van der Waals surface area contributed by atoms with E-state index >= 15 is 0 Å². The first-order chi connectivity index (χ1) is 13.3. The number of likely N-dealkylation sites (tertiary alicyclic amines) is 1. The maximum Gasteiger partial charge on any atom is 0.193 e. The van der Waals surface area contributed by atoms with Gasteiger partial charge in [-0.05, 0) is 24.9 Å². The Morgan fingerprint density at radius 2 is 2.14 bits per heavy atom. The first kappa shape index (κ1) is 21.1. The van der Waals surface area contributed by atoms with E-state index in [-0.39, 0.29) is 24.0 Å². The normalized spacial score (nSPS) is 17.6. The van der Waals surface area contributed by atoms with Gasteiger partial charge in [-0.1, -0.05) is 30.3 Å². The Morgan fingerprint density at radius 3 is 2.93 bits per heavy atom. The highest BCUT2D eigenvalue weighted by molar-refractivity contribution is 14.0. The number of hydrogen-bond donors (Lipinski definition) is 2. The fourth-order valence-corrected chi connectivity index (χ4v) is 4.34. The number of aliphatic imine (C=N–C) groups is 1. The number of fused-ring (bicyclic) bond motifs is 1. The largest absolute Gasteiger partial charge is 0.355 e. The minimum absolute atomic E-state index is 0. The van der Waals surface area contributed by atoms with Gasteiger partial charge in [0.2, 0.25) is 0 Å². The third-order valence-electron chi connectivity index (χ3n) is 5.04. The highest BCUT2D eigenvalue weighted by Crippen LogP contribution is 2.19. The monoisotopic (exact) mass is 510 g/mol. The van der Waals surface area contributed by atoms with E-state index in [0.717, 1.165) is 29.7 Å². The Kier molecular flexibility index (Phi) is 7.69. The zero-order chi connectivity index (χ0) is 18.5. The number of rotatable bonds is 6. The van der Waals surface area contributed by atoms with Crippen molar-refractivity contribution in [1.82, 2.24) is 24.9 Å². The van der Waals surface area contributed by atoms with Crippen molar-refractivity contribution in [3.8, 4) is 0 Å². The molecule has 1 fully saturated rings. The second-order valence-corrected chi connectivity index (χ2v) is 7.76. The lowest BCUT2D eigenvalue weighted by molar-refractivity contribution is 0.245. The maximum absolute atomic E-state index is 4.60. The van der Waals surface area contributed by atoms with Crippen LogP contribution in [0.4, 0.5) is 0 Å². The first-order valence-electron chi connectivity index (χ1n) is 9.45. The molecule has 6 nitrogen and oxygen atoms in total. The minimum Gasteiger partial charge on any atom is -0.355 e. The van der Waals surface area contributed by atoms with Gasteiger partial charge in [0.05, 0.1) is 12.2 Å². The number of benzene rings is 1. The Bertz CT molecular complexity index is 862. The molecule has 0 amide bonds. The van der Waals surface area contributed by atoms with Crippen LogP contribution in [0.5, 0.6) is 0 Å². The Morgan fingerprint density at radius 1 is 1.29 bits per heavy atom. The minimum atomic E-state index is 0. The van der Waals surface area contributed by atoms with E-state index in [1.807, 2.05) is 18.6 Å². The van der Waals surface area contributed by atoms with Gasteiger partial charge in [-0.15, -0.1) is 35.3 Å². The van der Waals surface area contributed by atoms with E-state index in [1.54, 1.807) is 11.3 Å². The summed E-state index contributed by atoms with van der Waals surface area (Å²) in [4.78, 5) is 12.6.